The van der Waals surface area contributed by atoms with Crippen LogP contribution in [0.4, 0.5) is 15.8 Å². The highest BCUT2D eigenvalue weighted by atomic mass is 32.2. The summed E-state index contributed by atoms with van der Waals surface area (Å²) in [5, 5.41) is 2.70. The summed E-state index contributed by atoms with van der Waals surface area (Å²) >= 11 is 1.50. The van der Waals surface area contributed by atoms with E-state index in [0.29, 0.717) is 17.0 Å². The largest absolute Gasteiger partial charge is 0.326 e. The van der Waals surface area contributed by atoms with Gasteiger partial charge in [0, 0.05) is 17.3 Å². The molecule has 0 unspecified atom stereocenters. The number of hydrogen-bond acceptors (Lipinski definition) is 3. The third kappa shape index (κ3) is 3.33. The SMILES string of the molecule is Cc1ccc(N2C(=O)CS[C@@H]2c2cccc(NC(=O)C3CC3)c2)cc1F. The van der Waals surface area contributed by atoms with E-state index in [1.807, 2.05) is 24.3 Å². The molecule has 1 aliphatic heterocycles. The number of rotatable bonds is 4. The third-order valence-corrected chi connectivity index (χ3v) is 5.90. The number of nitrogens with one attached hydrogen (secondary N) is 1. The molecule has 26 heavy (non-hydrogen) atoms. The van der Waals surface area contributed by atoms with Crippen molar-refractivity contribution in [3.63, 3.8) is 0 Å². The number of aryl methyl sites for hydroxylation is 1. The first-order valence-electron chi connectivity index (χ1n) is 8.63. The Labute approximate surface area is 155 Å². The Morgan fingerprint density at radius 1 is 1.23 bits per heavy atom. The summed E-state index contributed by atoms with van der Waals surface area (Å²) in [6, 6.07) is 12.4. The van der Waals surface area contributed by atoms with Gasteiger partial charge >= 0.3 is 0 Å². The summed E-state index contributed by atoms with van der Waals surface area (Å²) in [6.45, 7) is 1.70. The topological polar surface area (TPSA) is 49.4 Å². The van der Waals surface area contributed by atoms with E-state index in [1.54, 1.807) is 24.0 Å². The molecule has 1 atom stereocenters. The Morgan fingerprint density at radius 2 is 2.04 bits per heavy atom. The standard InChI is InChI=1S/C20H19FN2O2S/c1-12-5-8-16(10-17(12)21)23-18(24)11-26-20(23)14-3-2-4-15(9-14)22-19(25)13-6-7-13/h2-5,8-10,13,20H,6-7,11H2,1H3,(H,22,25)/t20-/m1/s1. The molecule has 1 aliphatic carbocycles. The number of carbonyl (C=O) groups is 2. The highest BCUT2D eigenvalue weighted by Gasteiger charge is 2.35. The van der Waals surface area contributed by atoms with Crippen molar-refractivity contribution in [3.05, 3.63) is 59.4 Å². The number of amides is 2. The summed E-state index contributed by atoms with van der Waals surface area (Å²) in [5.41, 5.74) is 2.75. The van der Waals surface area contributed by atoms with Crippen LogP contribution in [0.3, 0.4) is 0 Å². The van der Waals surface area contributed by atoms with E-state index in [1.165, 1.54) is 17.8 Å². The van der Waals surface area contributed by atoms with Gasteiger partial charge in [-0.25, -0.2) is 4.39 Å². The lowest BCUT2D eigenvalue weighted by molar-refractivity contribution is -0.117. The van der Waals surface area contributed by atoms with E-state index in [-0.39, 0.29) is 28.9 Å². The first-order valence-corrected chi connectivity index (χ1v) is 9.68. The molecule has 4 rings (SSSR count). The molecule has 4 nitrogen and oxygen atoms in total. The predicted octanol–water partition coefficient (Wildman–Crippen LogP) is 4.26. The number of hydrogen-bond donors (Lipinski definition) is 1. The fraction of sp³-hybridized carbons (Fsp3) is 0.300. The second-order valence-electron chi connectivity index (χ2n) is 6.75. The summed E-state index contributed by atoms with van der Waals surface area (Å²) in [4.78, 5) is 26.1. The first kappa shape index (κ1) is 17.1. The second-order valence-corrected chi connectivity index (χ2v) is 7.82. The first-order chi connectivity index (χ1) is 12.5. The van der Waals surface area contributed by atoms with Crippen LogP contribution < -0.4 is 10.2 Å². The molecule has 1 heterocycles. The average molecular weight is 370 g/mol. The van der Waals surface area contributed by atoms with Crippen LogP contribution in [0.25, 0.3) is 0 Å². The zero-order valence-electron chi connectivity index (χ0n) is 14.4. The van der Waals surface area contributed by atoms with E-state index in [2.05, 4.69) is 5.32 Å². The lowest BCUT2D eigenvalue weighted by Gasteiger charge is -2.25. The van der Waals surface area contributed by atoms with E-state index >= 15 is 0 Å². The van der Waals surface area contributed by atoms with Gasteiger partial charge in [0.25, 0.3) is 0 Å². The van der Waals surface area contributed by atoms with Gasteiger partial charge in [0.05, 0.1) is 5.75 Å². The maximum absolute atomic E-state index is 14.0. The molecule has 0 aromatic heterocycles. The lowest BCUT2D eigenvalue weighted by atomic mass is 10.1. The number of nitrogens with zero attached hydrogens (tertiary/aromatic N) is 1. The maximum atomic E-state index is 14.0. The van der Waals surface area contributed by atoms with Crippen molar-refractivity contribution in [3.8, 4) is 0 Å². The highest BCUT2D eigenvalue weighted by molar-refractivity contribution is 8.00. The quantitative estimate of drug-likeness (QED) is 0.875. The van der Waals surface area contributed by atoms with Gasteiger partial charge in [-0.3, -0.25) is 14.5 Å². The highest BCUT2D eigenvalue weighted by Crippen LogP contribution is 2.42. The molecule has 0 spiro atoms. The Balaban J connectivity index is 1.62. The number of anilines is 2. The summed E-state index contributed by atoms with van der Waals surface area (Å²) in [6.07, 6.45) is 1.90. The molecule has 2 aromatic rings. The van der Waals surface area contributed by atoms with Crippen LogP contribution in [0, 0.1) is 18.7 Å². The smallest absolute Gasteiger partial charge is 0.238 e. The average Bonchev–Trinajstić information content (AvgIpc) is 3.40. The van der Waals surface area contributed by atoms with Crippen LogP contribution in [0.15, 0.2) is 42.5 Å². The molecule has 134 valence electrons. The summed E-state index contributed by atoms with van der Waals surface area (Å²) < 4.78 is 14.0. The van der Waals surface area contributed by atoms with Gasteiger partial charge in [-0.15, -0.1) is 11.8 Å². The Bertz CT molecular complexity index is 882. The van der Waals surface area contributed by atoms with Gasteiger partial charge in [0.15, 0.2) is 0 Å². The van der Waals surface area contributed by atoms with Crippen LogP contribution in [0.1, 0.15) is 29.3 Å². The zero-order valence-corrected chi connectivity index (χ0v) is 15.2. The molecular weight excluding hydrogens is 351 g/mol. The number of halogens is 1. The van der Waals surface area contributed by atoms with Crippen LogP contribution in [-0.4, -0.2) is 17.6 Å². The van der Waals surface area contributed by atoms with Crippen LogP contribution in [-0.2, 0) is 9.59 Å². The lowest BCUT2D eigenvalue weighted by Crippen LogP contribution is -2.28. The van der Waals surface area contributed by atoms with E-state index in [9.17, 15) is 14.0 Å². The summed E-state index contributed by atoms with van der Waals surface area (Å²) in [7, 11) is 0. The Hall–Kier alpha value is -2.34. The van der Waals surface area contributed by atoms with Crippen molar-refractivity contribution in [2.75, 3.05) is 16.0 Å². The Morgan fingerprint density at radius 3 is 2.77 bits per heavy atom. The molecule has 6 heteroatoms. The Kier molecular flexibility index (Phi) is 4.44. The monoisotopic (exact) mass is 370 g/mol. The van der Waals surface area contributed by atoms with Crippen molar-refractivity contribution in [1.82, 2.24) is 0 Å². The van der Waals surface area contributed by atoms with Crippen molar-refractivity contribution in [2.24, 2.45) is 5.92 Å². The van der Waals surface area contributed by atoms with Crippen LogP contribution >= 0.6 is 11.8 Å². The second kappa shape index (κ2) is 6.76. The minimum absolute atomic E-state index is 0.0457. The molecule has 1 saturated heterocycles. The fourth-order valence-corrected chi connectivity index (χ4v) is 4.21. The molecule has 2 fully saturated rings. The van der Waals surface area contributed by atoms with E-state index in [4.69, 9.17) is 0 Å². The van der Waals surface area contributed by atoms with Crippen LogP contribution in [0.2, 0.25) is 0 Å². The fourth-order valence-electron chi connectivity index (χ4n) is 3.04. The molecule has 2 aliphatic rings. The molecule has 2 aromatic carbocycles. The minimum atomic E-state index is -0.323. The zero-order chi connectivity index (χ0) is 18.3. The van der Waals surface area contributed by atoms with Crippen molar-refractivity contribution in [2.45, 2.75) is 25.1 Å². The molecule has 1 saturated carbocycles. The van der Waals surface area contributed by atoms with Gasteiger partial charge in [0.2, 0.25) is 11.8 Å². The van der Waals surface area contributed by atoms with Gasteiger partial charge in [-0.2, -0.15) is 0 Å². The molecule has 0 radical (unpaired) electrons. The van der Waals surface area contributed by atoms with Gasteiger partial charge in [-0.05, 0) is 55.2 Å². The number of thioether (sulfide) groups is 1. The van der Waals surface area contributed by atoms with Crippen molar-refractivity contribution in [1.29, 1.82) is 0 Å². The van der Waals surface area contributed by atoms with Crippen molar-refractivity contribution < 1.29 is 14.0 Å². The third-order valence-electron chi connectivity index (χ3n) is 4.69. The maximum Gasteiger partial charge on any atom is 0.238 e. The number of carbonyl (C=O) groups excluding carboxylic acids is 2. The molecule has 0 bridgehead atoms. The van der Waals surface area contributed by atoms with Gasteiger partial charge in [0.1, 0.15) is 11.2 Å². The van der Waals surface area contributed by atoms with Gasteiger partial charge < -0.3 is 5.32 Å². The number of benzene rings is 2. The molecular formula is C20H19FN2O2S. The van der Waals surface area contributed by atoms with E-state index in [0.717, 1.165) is 24.1 Å². The minimum Gasteiger partial charge on any atom is -0.326 e. The summed E-state index contributed by atoms with van der Waals surface area (Å²) in [5.74, 6) is 0.161. The van der Waals surface area contributed by atoms with E-state index < -0.39 is 0 Å². The molecule has 2 amide bonds. The normalized spacial score (nSPS) is 19.7. The van der Waals surface area contributed by atoms with Crippen LogP contribution in [0.5, 0.6) is 0 Å². The van der Waals surface area contributed by atoms with Gasteiger partial charge in [-0.1, -0.05) is 18.2 Å². The predicted molar refractivity (Wildman–Crippen MR) is 102 cm³/mol. The molecule has 1 N–H and O–H groups in total. The van der Waals surface area contributed by atoms with Crippen molar-refractivity contribution >= 4 is 35.0 Å².